The van der Waals surface area contributed by atoms with Crippen LogP contribution in [-0.2, 0) is 0 Å². The van der Waals surface area contributed by atoms with E-state index in [4.69, 9.17) is 0 Å². The number of carbonyl (C=O) groups excluding carboxylic acids is 1. The first-order valence-corrected chi connectivity index (χ1v) is 6.55. The summed E-state index contributed by atoms with van der Waals surface area (Å²) in [5.74, 6) is -0.626. The summed E-state index contributed by atoms with van der Waals surface area (Å²) in [6.07, 6.45) is 0. The largest absolute Gasteiger partial charge is 0.345 e. The molecule has 19 heavy (non-hydrogen) atoms. The summed E-state index contributed by atoms with van der Waals surface area (Å²) in [7, 11) is 3.30. The topological polar surface area (TPSA) is 20.3 Å². The molecule has 0 unspecified atom stereocenters. The van der Waals surface area contributed by atoms with Crippen LogP contribution in [0.1, 0.15) is 10.4 Å². The molecule has 0 aliphatic carbocycles. The Hall–Kier alpha value is -1.68. The van der Waals surface area contributed by atoms with Crippen molar-refractivity contribution in [1.82, 2.24) is 4.90 Å². The van der Waals surface area contributed by atoms with Gasteiger partial charge in [0, 0.05) is 18.6 Å². The highest BCUT2D eigenvalue weighted by Gasteiger charge is 2.15. The molecule has 2 nitrogen and oxygen atoms in total. The van der Waals surface area contributed by atoms with E-state index in [1.165, 1.54) is 17.0 Å². The second-order valence-electron chi connectivity index (χ2n) is 4.40. The maximum absolute atomic E-state index is 13.4. The second kappa shape index (κ2) is 5.53. The zero-order chi connectivity index (χ0) is 14.0. The third-order valence-corrected chi connectivity index (χ3v) is 3.25. The van der Waals surface area contributed by atoms with E-state index in [0.717, 1.165) is 15.6 Å². The van der Waals surface area contributed by atoms with Crippen molar-refractivity contribution in [2.45, 2.75) is 0 Å². The Bertz CT molecular complexity index is 625. The van der Waals surface area contributed by atoms with Gasteiger partial charge in [0.05, 0.1) is 5.56 Å². The van der Waals surface area contributed by atoms with E-state index in [0.29, 0.717) is 5.56 Å². The van der Waals surface area contributed by atoms with E-state index in [2.05, 4.69) is 15.9 Å². The van der Waals surface area contributed by atoms with Crippen LogP contribution in [0.5, 0.6) is 0 Å². The van der Waals surface area contributed by atoms with Gasteiger partial charge in [0.15, 0.2) is 0 Å². The van der Waals surface area contributed by atoms with Crippen LogP contribution in [0.4, 0.5) is 4.39 Å². The second-order valence-corrected chi connectivity index (χ2v) is 5.32. The molecule has 0 aliphatic rings. The van der Waals surface area contributed by atoms with Crippen molar-refractivity contribution in [3.63, 3.8) is 0 Å². The maximum atomic E-state index is 13.4. The molecule has 4 heteroatoms. The SMILES string of the molecule is CN(C)C(=O)c1cc(F)ccc1-c1cccc(Br)c1. The lowest BCUT2D eigenvalue weighted by Gasteiger charge is -2.14. The smallest absolute Gasteiger partial charge is 0.254 e. The fourth-order valence-electron chi connectivity index (χ4n) is 1.84. The Morgan fingerprint density at radius 3 is 2.53 bits per heavy atom. The minimum atomic E-state index is -0.413. The molecule has 0 fully saturated rings. The fraction of sp³-hybridized carbons (Fsp3) is 0.133. The third kappa shape index (κ3) is 3.01. The van der Waals surface area contributed by atoms with E-state index in [1.54, 1.807) is 20.2 Å². The van der Waals surface area contributed by atoms with E-state index < -0.39 is 5.82 Å². The first-order valence-electron chi connectivity index (χ1n) is 5.76. The normalized spacial score (nSPS) is 10.3. The Labute approximate surface area is 120 Å². The van der Waals surface area contributed by atoms with Gasteiger partial charge in [0.2, 0.25) is 0 Å². The maximum Gasteiger partial charge on any atom is 0.254 e. The molecule has 0 saturated carbocycles. The number of halogens is 2. The van der Waals surface area contributed by atoms with Gasteiger partial charge < -0.3 is 4.90 Å². The zero-order valence-electron chi connectivity index (χ0n) is 10.7. The Balaban J connectivity index is 2.60. The molecule has 0 heterocycles. The summed E-state index contributed by atoms with van der Waals surface area (Å²) in [6, 6.07) is 11.9. The number of hydrogen-bond acceptors (Lipinski definition) is 1. The van der Waals surface area contributed by atoms with Crippen LogP contribution >= 0.6 is 15.9 Å². The molecule has 0 saturated heterocycles. The van der Waals surface area contributed by atoms with Crippen LogP contribution in [0.2, 0.25) is 0 Å². The van der Waals surface area contributed by atoms with Gasteiger partial charge in [-0.3, -0.25) is 4.79 Å². The predicted octanol–water partition coefficient (Wildman–Crippen LogP) is 3.96. The van der Waals surface area contributed by atoms with Crippen molar-refractivity contribution < 1.29 is 9.18 Å². The van der Waals surface area contributed by atoms with Gasteiger partial charge in [0.1, 0.15) is 5.82 Å². The number of rotatable bonds is 2. The quantitative estimate of drug-likeness (QED) is 0.820. The van der Waals surface area contributed by atoms with Gasteiger partial charge in [-0.1, -0.05) is 34.1 Å². The Kier molecular flexibility index (Phi) is 4.00. The number of nitrogens with zero attached hydrogens (tertiary/aromatic N) is 1. The van der Waals surface area contributed by atoms with Gasteiger partial charge >= 0.3 is 0 Å². The average Bonchev–Trinajstić information content (AvgIpc) is 2.37. The van der Waals surface area contributed by atoms with Gasteiger partial charge in [-0.05, 0) is 35.4 Å². The number of hydrogen-bond donors (Lipinski definition) is 0. The molecule has 0 radical (unpaired) electrons. The third-order valence-electron chi connectivity index (χ3n) is 2.75. The van der Waals surface area contributed by atoms with E-state index in [9.17, 15) is 9.18 Å². The summed E-state index contributed by atoms with van der Waals surface area (Å²) in [5, 5.41) is 0. The van der Waals surface area contributed by atoms with Crippen molar-refractivity contribution >= 4 is 21.8 Å². The molecule has 0 atom stereocenters. The predicted molar refractivity (Wildman–Crippen MR) is 77.6 cm³/mol. The summed E-state index contributed by atoms with van der Waals surface area (Å²) >= 11 is 3.40. The van der Waals surface area contributed by atoms with Crippen LogP contribution in [0.15, 0.2) is 46.9 Å². The first kappa shape index (κ1) is 13.7. The molecule has 0 aliphatic heterocycles. The molecule has 0 aromatic heterocycles. The molecular formula is C15H13BrFNO. The van der Waals surface area contributed by atoms with Crippen molar-refractivity contribution in [3.8, 4) is 11.1 Å². The Morgan fingerprint density at radius 1 is 1.16 bits per heavy atom. The molecule has 2 aromatic rings. The molecule has 0 N–H and O–H groups in total. The highest BCUT2D eigenvalue weighted by Crippen LogP contribution is 2.27. The van der Waals surface area contributed by atoms with Crippen molar-refractivity contribution in [2.24, 2.45) is 0 Å². The molecular weight excluding hydrogens is 309 g/mol. The molecule has 0 bridgehead atoms. The molecule has 0 spiro atoms. The first-order chi connectivity index (χ1) is 8.99. The summed E-state index contributed by atoms with van der Waals surface area (Å²) in [5.41, 5.74) is 1.96. The molecule has 98 valence electrons. The average molecular weight is 322 g/mol. The minimum absolute atomic E-state index is 0.213. The minimum Gasteiger partial charge on any atom is -0.345 e. The van der Waals surface area contributed by atoms with Crippen LogP contribution < -0.4 is 0 Å². The summed E-state index contributed by atoms with van der Waals surface area (Å²) in [6.45, 7) is 0. The van der Waals surface area contributed by atoms with Gasteiger partial charge in [0.25, 0.3) is 5.91 Å². The lowest BCUT2D eigenvalue weighted by molar-refractivity contribution is 0.0828. The highest BCUT2D eigenvalue weighted by molar-refractivity contribution is 9.10. The molecule has 1 amide bonds. The summed E-state index contributed by atoms with van der Waals surface area (Å²) in [4.78, 5) is 13.6. The number of benzene rings is 2. The van der Waals surface area contributed by atoms with Crippen molar-refractivity contribution in [2.75, 3.05) is 14.1 Å². The summed E-state index contributed by atoms with van der Waals surface area (Å²) < 4.78 is 14.3. The van der Waals surface area contributed by atoms with Crippen LogP contribution in [-0.4, -0.2) is 24.9 Å². The monoisotopic (exact) mass is 321 g/mol. The van der Waals surface area contributed by atoms with Gasteiger partial charge in [-0.2, -0.15) is 0 Å². The number of carbonyl (C=O) groups is 1. The highest BCUT2D eigenvalue weighted by atomic mass is 79.9. The van der Waals surface area contributed by atoms with Crippen LogP contribution in [0.25, 0.3) is 11.1 Å². The van der Waals surface area contributed by atoms with Crippen LogP contribution in [0, 0.1) is 5.82 Å². The lowest BCUT2D eigenvalue weighted by Crippen LogP contribution is -2.22. The lowest BCUT2D eigenvalue weighted by atomic mass is 9.99. The van der Waals surface area contributed by atoms with Crippen LogP contribution in [0.3, 0.4) is 0 Å². The van der Waals surface area contributed by atoms with E-state index in [-0.39, 0.29) is 5.91 Å². The molecule has 2 aromatic carbocycles. The van der Waals surface area contributed by atoms with Gasteiger partial charge in [-0.25, -0.2) is 4.39 Å². The van der Waals surface area contributed by atoms with Crippen molar-refractivity contribution in [1.29, 1.82) is 0 Å². The Morgan fingerprint density at radius 2 is 1.89 bits per heavy atom. The van der Waals surface area contributed by atoms with E-state index >= 15 is 0 Å². The number of amides is 1. The van der Waals surface area contributed by atoms with Crippen molar-refractivity contribution in [3.05, 3.63) is 58.3 Å². The zero-order valence-corrected chi connectivity index (χ0v) is 12.2. The van der Waals surface area contributed by atoms with E-state index in [1.807, 2.05) is 24.3 Å². The fourth-order valence-corrected chi connectivity index (χ4v) is 2.24. The van der Waals surface area contributed by atoms with Gasteiger partial charge in [-0.15, -0.1) is 0 Å². The molecule has 2 rings (SSSR count). The standard InChI is InChI=1S/C15H13BrFNO/c1-18(2)15(19)14-9-12(17)6-7-13(14)10-4-3-5-11(16)8-10/h3-9H,1-2H3.